The highest BCUT2D eigenvalue weighted by Crippen LogP contribution is 2.27. The van der Waals surface area contributed by atoms with Crippen molar-refractivity contribution in [3.05, 3.63) is 63.9 Å². The topological polar surface area (TPSA) is 99.0 Å². The summed E-state index contributed by atoms with van der Waals surface area (Å²) < 4.78 is 3.09. The lowest BCUT2D eigenvalue weighted by atomic mass is 10.1. The van der Waals surface area contributed by atoms with Crippen molar-refractivity contribution < 1.29 is 5.11 Å². The van der Waals surface area contributed by atoms with E-state index in [9.17, 15) is 9.90 Å². The molecule has 0 aliphatic carbocycles. The maximum atomic E-state index is 13.6. The van der Waals surface area contributed by atoms with E-state index in [1.807, 2.05) is 62.6 Å². The number of nitrogens with two attached hydrogens (primary N) is 1. The van der Waals surface area contributed by atoms with E-state index in [0.717, 1.165) is 27.3 Å². The zero-order valence-corrected chi connectivity index (χ0v) is 17.9. The maximum absolute atomic E-state index is 13.6. The Morgan fingerprint density at radius 3 is 2.50 bits per heavy atom. The number of thioether (sulfide) groups is 1. The number of rotatable bonds is 5. The van der Waals surface area contributed by atoms with Crippen molar-refractivity contribution in [2.45, 2.75) is 25.3 Å². The lowest BCUT2D eigenvalue weighted by molar-refractivity contribution is 0.271. The Morgan fingerprint density at radius 2 is 1.87 bits per heavy atom. The van der Waals surface area contributed by atoms with Gasteiger partial charge in [0, 0.05) is 10.5 Å². The van der Waals surface area contributed by atoms with Crippen LogP contribution in [0.1, 0.15) is 11.1 Å². The Bertz CT molecular complexity index is 1290. The van der Waals surface area contributed by atoms with Gasteiger partial charge in [0.2, 0.25) is 0 Å². The molecular weight excluding hydrogens is 398 g/mol. The molecule has 0 aliphatic rings. The Labute approximate surface area is 178 Å². The van der Waals surface area contributed by atoms with Gasteiger partial charge < -0.3 is 10.8 Å². The first-order chi connectivity index (χ1) is 14.4. The normalized spacial score (nSPS) is 11.3. The van der Waals surface area contributed by atoms with Gasteiger partial charge in [0.1, 0.15) is 11.2 Å². The van der Waals surface area contributed by atoms with Crippen molar-refractivity contribution in [3.8, 4) is 17.1 Å². The molecule has 0 bridgehead atoms. The highest BCUT2D eigenvalue weighted by Gasteiger charge is 2.21. The number of nitrogen functional groups attached to an aromatic ring is 1. The minimum atomic E-state index is -0.280. The van der Waals surface area contributed by atoms with Gasteiger partial charge in [-0.15, -0.1) is 11.8 Å². The van der Waals surface area contributed by atoms with Crippen LogP contribution in [-0.4, -0.2) is 37.3 Å². The number of aryl methyl sites for hydroxylation is 2. The van der Waals surface area contributed by atoms with Crippen LogP contribution in [0.2, 0.25) is 0 Å². The first-order valence-electron chi connectivity index (χ1n) is 9.56. The Balaban J connectivity index is 2.10. The third-order valence-electron chi connectivity index (χ3n) is 5.05. The molecule has 0 fully saturated rings. The highest BCUT2D eigenvalue weighted by molar-refractivity contribution is 7.98. The number of aliphatic hydroxyl groups is 1. The van der Waals surface area contributed by atoms with Crippen molar-refractivity contribution in [1.82, 2.24) is 19.3 Å². The fourth-order valence-electron chi connectivity index (χ4n) is 3.61. The van der Waals surface area contributed by atoms with Gasteiger partial charge in [0.05, 0.1) is 18.8 Å². The van der Waals surface area contributed by atoms with Gasteiger partial charge in [-0.2, -0.15) is 5.10 Å². The van der Waals surface area contributed by atoms with Gasteiger partial charge in [-0.3, -0.25) is 9.36 Å². The van der Waals surface area contributed by atoms with Gasteiger partial charge in [0.15, 0.2) is 11.5 Å². The molecule has 2 aromatic carbocycles. The second kappa shape index (κ2) is 7.97. The van der Waals surface area contributed by atoms with Crippen LogP contribution in [0.3, 0.4) is 0 Å². The van der Waals surface area contributed by atoms with E-state index in [1.54, 1.807) is 16.3 Å². The molecule has 154 valence electrons. The van der Waals surface area contributed by atoms with E-state index in [-0.39, 0.29) is 29.9 Å². The third-order valence-corrected chi connectivity index (χ3v) is 5.79. The largest absolute Gasteiger partial charge is 0.394 e. The van der Waals surface area contributed by atoms with Crippen molar-refractivity contribution in [2.75, 3.05) is 18.6 Å². The third kappa shape index (κ3) is 3.38. The summed E-state index contributed by atoms with van der Waals surface area (Å²) in [6, 6.07) is 13.8. The summed E-state index contributed by atoms with van der Waals surface area (Å²) in [6.07, 6.45) is 2.02. The molecule has 4 aromatic rings. The summed E-state index contributed by atoms with van der Waals surface area (Å²) in [5.74, 6) is 0.616. The van der Waals surface area contributed by atoms with Crippen molar-refractivity contribution in [1.29, 1.82) is 0 Å². The fraction of sp³-hybridized carbons (Fsp3) is 0.227. The molecule has 0 saturated heterocycles. The summed E-state index contributed by atoms with van der Waals surface area (Å²) >= 11 is 1.65. The number of benzene rings is 2. The van der Waals surface area contributed by atoms with Crippen molar-refractivity contribution in [3.63, 3.8) is 0 Å². The van der Waals surface area contributed by atoms with Gasteiger partial charge >= 0.3 is 0 Å². The Kier molecular flexibility index (Phi) is 5.36. The smallest absolute Gasteiger partial charge is 0.271 e. The molecule has 2 aromatic heterocycles. The number of aliphatic hydroxyl groups excluding tert-OH is 1. The number of aromatic nitrogens is 4. The van der Waals surface area contributed by atoms with E-state index in [4.69, 9.17) is 10.7 Å². The van der Waals surface area contributed by atoms with Crippen molar-refractivity contribution in [2.24, 2.45) is 0 Å². The molecule has 0 radical (unpaired) electrons. The SMILES string of the molecule is CSc1ccc(-c2nc3c(c(N)nn3CCO)c(=O)n2-c2ccc(C)cc2C)cc1. The number of hydrogen-bond donors (Lipinski definition) is 2. The van der Waals surface area contributed by atoms with Crippen LogP contribution < -0.4 is 11.3 Å². The molecule has 3 N–H and O–H groups in total. The molecule has 0 spiro atoms. The van der Waals surface area contributed by atoms with Crippen LogP contribution in [0.25, 0.3) is 28.1 Å². The van der Waals surface area contributed by atoms with Crippen LogP contribution in [-0.2, 0) is 6.54 Å². The monoisotopic (exact) mass is 421 g/mol. The Hall–Kier alpha value is -3.10. The number of anilines is 1. The average Bonchev–Trinajstić information content (AvgIpc) is 3.04. The summed E-state index contributed by atoms with van der Waals surface area (Å²) in [4.78, 5) is 19.6. The highest BCUT2D eigenvalue weighted by atomic mass is 32.2. The maximum Gasteiger partial charge on any atom is 0.271 e. The summed E-state index contributed by atoms with van der Waals surface area (Å²) in [6.45, 7) is 4.06. The predicted molar refractivity (Wildman–Crippen MR) is 121 cm³/mol. The van der Waals surface area contributed by atoms with Gasteiger partial charge in [-0.1, -0.05) is 29.8 Å². The van der Waals surface area contributed by atoms with Gasteiger partial charge in [-0.05, 0) is 43.9 Å². The van der Waals surface area contributed by atoms with Crippen LogP contribution in [0.5, 0.6) is 0 Å². The zero-order valence-electron chi connectivity index (χ0n) is 17.1. The van der Waals surface area contributed by atoms with Crippen LogP contribution >= 0.6 is 11.8 Å². The minimum Gasteiger partial charge on any atom is -0.394 e. The van der Waals surface area contributed by atoms with E-state index in [0.29, 0.717) is 11.5 Å². The molecule has 0 atom stereocenters. The first kappa shape index (κ1) is 20.2. The molecule has 2 heterocycles. The van der Waals surface area contributed by atoms with Crippen molar-refractivity contribution >= 4 is 28.6 Å². The van der Waals surface area contributed by atoms with Crippen LogP contribution in [0, 0.1) is 13.8 Å². The lowest BCUT2D eigenvalue weighted by Crippen LogP contribution is -2.23. The second-order valence-corrected chi connectivity index (χ2v) is 8.00. The summed E-state index contributed by atoms with van der Waals surface area (Å²) in [5.41, 5.74) is 9.79. The lowest BCUT2D eigenvalue weighted by Gasteiger charge is -2.16. The van der Waals surface area contributed by atoms with Gasteiger partial charge in [0.25, 0.3) is 5.56 Å². The van der Waals surface area contributed by atoms with E-state index >= 15 is 0 Å². The number of hydrogen-bond acceptors (Lipinski definition) is 6. The predicted octanol–water partition coefficient (Wildman–Crippen LogP) is 3.16. The average molecular weight is 422 g/mol. The Morgan fingerprint density at radius 1 is 1.13 bits per heavy atom. The second-order valence-electron chi connectivity index (χ2n) is 7.13. The molecule has 0 saturated carbocycles. The molecule has 4 rings (SSSR count). The minimum absolute atomic E-state index is 0.110. The van der Waals surface area contributed by atoms with Crippen LogP contribution in [0.4, 0.5) is 5.82 Å². The molecule has 0 aliphatic heterocycles. The molecule has 7 nitrogen and oxygen atoms in total. The standard InChI is InChI=1S/C22H23N5O2S/c1-13-4-9-17(14(2)12-13)27-20(15-5-7-16(30-3)8-6-15)24-21-18(22(27)29)19(23)25-26(21)10-11-28/h4-9,12,28H,10-11H2,1-3H3,(H2,23,25). The molecule has 30 heavy (non-hydrogen) atoms. The molecular formula is C22H23N5O2S. The summed E-state index contributed by atoms with van der Waals surface area (Å²) in [5, 5.41) is 13.9. The fourth-order valence-corrected chi connectivity index (χ4v) is 4.02. The summed E-state index contributed by atoms with van der Waals surface area (Å²) in [7, 11) is 0. The van der Waals surface area contributed by atoms with Gasteiger partial charge in [-0.25, -0.2) is 9.67 Å². The van der Waals surface area contributed by atoms with E-state index in [1.165, 1.54) is 4.68 Å². The quantitative estimate of drug-likeness (QED) is 0.480. The van der Waals surface area contributed by atoms with E-state index in [2.05, 4.69) is 5.10 Å². The molecule has 0 amide bonds. The van der Waals surface area contributed by atoms with E-state index < -0.39 is 0 Å². The number of fused-ring (bicyclic) bond motifs is 1. The first-order valence-corrected chi connectivity index (χ1v) is 10.8. The molecule has 0 unspecified atom stereocenters. The van der Waals surface area contributed by atoms with Crippen LogP contribution in [0.15, 0.2) is 52.2 Å². The zero-order chi connectivity index (χ0) is 21.4. The molecule has 8 heteroatoms. The number of nitrogens with zero attached hydrogens (tertiary/aromatic N) is 4.